The van der Waals surface area contributed by atoms with Gasteiger partial charge in [-0.3, -0.25) is 0 Å². The maximum absolute atomic E-state index is 6.54. The highest BCUT2D eigenvalue weighted by molar-refractivity contribution is 6.31. The van der Waals surface area contributed by atoms with Crippen LogP contribution in [0.3, 0.4) is 0 Å². The summed E-state index contributed by atoms with van der Waals surface area (Å²) in [6.45, 7) is 2.68. The lowest BCUT2D eigenvalue weighted by atomic mass is 10.2. The SMILES string of the molecule is Cc1nn(-c2ccccc2)c(Cl)c1/C=C1/C=CC2(CCCO2)O1. The zero-order chi connectivity index (χ0) is 15.9. The third kappa shape index (κ3) is 2.58. The number of aromatic nitrogens is 2. The van der Waals surface area contributed by atoms with Gasteiger partial charge in [0.1, 0.15) is 10.9 Å². The molecule has 1 atom stereocenters. The number of aryl methyl sites for hydroxylation is 1. The van der Waals surface area contributed by atoms with Crippen molar-refractivity contribution in [3.63, 3.8) is 0 Å². The van der Waals surface area contributed by atoms with Crippen molar-refractivity contribution in [2.75, 3.05) is 6.61 Å². The number of allylic oxidation sites excluding steroid dienone is 1. The minimum Gasteiger partial charge on any atom is -0.459 e. The van der Waals surface area contributed by atoms with E-state index in [1.807, 2.05) is 55.5 Å². The molecule has 0 aliphatic carbocycles. The number of para-hydroxylation sites is 1. The van der Waals surface area contributed by atoms with Crippen molar-refractivity contribution in [3.05, 3.63) is 64.7 Å². The van der Waals surface area contributed by atoms with Crippen molar-refractivity contribution in [2.45, 2.75) is 25.6 Å². The van der Waals surface area contributed by atoms with Crippen LogP contribution in [-0.4, -0.2) is 22.2 Å². The van der Waals surface area contributed by atoms with Crippen LogP contribution in [0.25, 0.3) is 11.8 Å². The molecule has 1 fully saturated rings. The van der Waals surface area contributed by atoms with Gasteiger partial charge in [0.15, 0.2) is 0 Å². The lowest BCUT2D eigenvalue weighted by molar-refractivity contribution is -0.135. The molecule has 2 aliphatic heterocycles. The van der Waals surface area contributed by atoms with E-state index in [1.54, 1.807) is 4.68 Å². The van der Waals surface area contributed by atoms with Crippen LogP contribution >= 0.6 is 11.6 Å². The Balaban J connectivity index is 1.67. The number of nitrogens with zero attached hydrogens (tertiary/aromatic N) is 2. The maximum atomic E-state index is 6.54. The third-order valence-corrected chi connectivity index (χ3v) is 4.51. The van der Waals surface area contributed by atoms with Gasteiger partial charge in [0.2, 0.25) is 5.79 Å². The number of hydrogen-bond acceptors (Lipinski definition) is 3. The molecule has 0 amide bonds. The Morgan fingerprint density at radius 1 is 1.30 bits per heavy atom. The molecule has 1 aromatic carbocycles. The lowest BCUT2D eigenvalue weighted by Gasteiger charge is -2.20. The molecule has 0 bridgehead atoms. The molecule has 4 nitrogen and oxygen atoms in total. The van der Waals surface area contributed by atoms with Gasteiger partial charge < -0.3 is 9.47 Å². The van der Waals surface area contributed by atoms with Crippen LogP contribution in [0.4, 0.5) is 0 Å². The van der Waals surface area contributed by atoms with Crippen molar-refractivity contribution in [1.82, 2.24) is 9.78 Å². The fourth-order valence-corrected chi connectivity index (χ4v) is 3.29. The van der Waals surface area contributed by atoms with Crippen molar-refractivity contribution in [2.24, 2.45) is 0 Å². The number of benzene rings is 1. The van der Waals surface area contributed by atoms with Crippen LogP contribution in [0.2, 0.25) is 5.15 Å². The van der Waals surface area contributed by atoms with Crippen LogP contribution in [0.15, 0.2) is 48.2 Å². The summed E-state index contributed by atoms with van der Waals surface area (Å²) in [6, 6.07) is 9.84. The first-order valence-electron chi connectivity index (χ1n) is 7.71. The first kappa shape index (κ1) is 14.5. The Labute approximate surface area is 140 Å². The van der Waals surface area contributed by atoms with Gasteiger partial charge in [-0.25, -0.2) is 4.68 Å². The zero-order valence-electron chi connectivity index (χ0n) is 12.8. The Morgan fingerprint density at radius 2 is 2.13 bits per heavy atom. The molecule has 4 rings (SSSR count). The first-order chi connectivity index (χ1) is 11.2. The van der Waals surface area contributed by atoms with Crippen LogP contribution in [0.1, 0.15) is 24.1 Å². The zero-order valence-corrected chi connectivity index (χ0v) is 13.6. The molecule has 118 valence electrons. The van der Waals surface area contributed by atoms with Gasteiger partial charge in [-0.15, -0.1) is 0 Å². The highest BCUT2D eigenvalue weighted by Gasteiger charge is 2.38. The molecule has 0 N–H and O–H groups in total. The van der Waals surface area contributed by atoms with E-state index >= 15 is 0 Å². The van der Waals surface area contributed by atoms with Gasteiger partial charge in [-0.2, -0.15) is 5.10 Å². The van der Waals surface area contributed by atoms with E-state index < -0.39 is 5.79 Å². The van der Waals surface area contributed by atoms with E-state index in [4.69, 9.17) is 21.1 Å². The molecule has 1 aromatic heterocycles. The fraction of sp³-hybridized carbons (Fsp3) is 0.278. The summed E-state index contributed by atoms with van der Waals surface area (Å²) in [5.74, 6) is 0.186. The fourth-order valence-electron chi connectivity index (χ4n) is 2.96. The minimum atomic E-state index is -0.568. The monoisotopic (exact) mass is 328 g/mol. The Morgan fingerprint density at radius 3 is 2.87 bits per heavy atom. The van der Waals surface area contributed by atoms with Crippen LogP contribution in [0.5, 0.6) is 0 Å². The molecule has 0 saturated carbocycles. The van der Waals surface area contributed by atoms with Crippen molar-refractivity contribution < 1.29 is 9.47 Å². The molecule has 0 radical (unpaired) electrons. The summed E-state index contributed by atoms with van der Waals surface area (Å²) in [5, 5.41) is 5.12. The Hall–Kier alpha value is -2.04. The summed E-state index contributed by atoms with van der Waals surface area (Å²) in [5.41, 5.74) is 2.66. The van der Waals surface area contributed by atoms with E-state index in [0.717, 1.165) is 42.2 Å². The average Bonchev–Trinajstić information content (AvgIpc) is 3.26. The highest BCUT2D eigenvalue weighted by atomic mass is 35.5. The second kappa shape index (κ2) is 5.55. The molecule has 2 aliphatic rings. The van der Waals surface area contributed by atoms with Crippen LogP contribution in [-0.2, 0) is 9.47 Å². The van der Waals surface area contributed by atoms with E-state index in [0.29, 0.717) is 5.15 Å². The smallest absolute Gasteiger partial charge is 0.230 e. The molecule has 23 heavy (non-hydrogen) atoms. The second-order valence-electron chi connectivity index (χ2n) is 5.78. The van der Waals surface area contributed by atoms with Crippen molar-refractivity contribution in [1.29, 1.82) is 0 Å². The van der Waals surface area contributed by atoms with Gasteiger partial charge in [0.25, 0.3) is 0 Å². The topological polar surface area (TPSA) is 36.3 Å². The predicted molar refractivity (Wildman–Crippen MR) is 89.4 cm³/mol. The van der Waals surface area contributed by atoms with Gasteiger partial charge in [0.05, 0.1) is 18.0 Å². The standard InChI is InChI=1S/C18H17ClN2O2/c1-13-16(12-15-8-10-18(23-15)9-5-11-22-18)17(19)21(20-13)14-6-3-2-4-7-14/h2-4,6-8,10,12H,5,9,11H2,1H3/b15-12-. The third-order valence-electron chi connectivity index (χ3n) is 4.14. The summed E-state index contributed by atoms with van der Waals surface area (Å²) in [7, 11) is 0. The molecule has 1 spiro atoms. The largest absolute Gasteiger partial charge is 0.459 e. The quantitative estimate of drug-likeness (QED) is 0.826. The predicted octanol–water partition coefficient (Wildman–Crippen LogP) is 4.27. The van der Waals surface area contributed by atoms with Crippen molar-refractivity contribution >= 4 is 17.7 Å². The molecule has 1 unspecified atom stereocenters. The van der Waals surface area contributed by atoms with E-state index in [9.17, 15) is 0 Å². The molecular formula is C18H17ClN2O2. The van der Waals surface area contributed by atoms with Gasteiger partial charge in [0, 0.05) is 12.0 Å². The minimum absolute atomic E-state index is 0.568. The Bertz CT molecular complexity index is 787. The van der Waals surface area contributed by atoms with Gasteiger partial charge >= 0.3 is 0 Å². The number of hydrogen-bond donors (Lipinski definition) is 0. The number of ether oxygens (including phenoxy) is 2. The molecule has 1 saturated heterocycles. The van der Waals surface area contributed by atoms with Crippen molar-refractivity contribution in [3.8, 4) is 5.69 Å². The normalized spacial score (nSPS) is 24.7. The average molecular weight is 329 g/mol. The molecular weight excluding hydrogens is 312 g/mol. The first-order valence-corrected chi connectivity index (χ1v) is 8.09. The summed E-state index contributed by atoms with van der Waals surface area (Å²) < 4.78 is 13.4. The van der Waals surface area contributed by atoms with Crippen LogP contribution in [0, 0.1) is 6.92 Å². The van der Waals surface area contributed by atoms with E-state index in [-0.39, 0.29) is 0 Å². The molecule has 3 heterocycles. The molecule has 5 heteroatoms. The highest BCUT2D eigenvalue weighted by Crippen LogP contribution is 2.37. The summed E-state index contributed by atoms with van der Waals surface area (Å²) in [4.78, 5) is 0. The summed E-state index contributed by atoms with van der Waals surface area (Å²) >= 11 is 6.54. The molecule has 2 aromatic rings. The lowest BCUT2D eigenvalue weighted by Crippen LogP contribution is -2.24. The number of rotatable bonds is 2. The van der Waals surface area contributed by atoms with E-state index in [1.165, 1.54) is 0 Å². The van der Waals surface area contributed by atoms with Gasteiger partial charge in [-0.05, 0) is 43.7 Å². The Kier molecular flexibility index (Phi) is 3.51. The van der Waals surface area contributed by atoms with Gasteiger partial charge in [-0.1, -0.05) is 29.8 Å². The maximum Gasteiger partial charge on any atom is 0.230 e. The second-order valence-corrected chi connectivity index (χ2v) is 6.14. The summed E-state index contributed by atoms with van der Waals surface area (Å²) in [6.07, 6.45) is 7.76. The van der Waals surface area contributed by atoms with E-state index in [2.05, 4.69) is 5.10 Å². The van der Waals surface area contributed by atoms with Crippen LogP contribution < -0.4 is 0 Å². The number of halogens is 1.